The molecule has 0 unspecified atom stereocenters. The Hall–Kier alpha value is -5.47. The van der Waals surface area contributed by atoms with E-state index in [1.807, 2.05) is 66.7 Å². The van der Waals surface area contributed by atoms with Crippen molar-refractivity contribution in [3.8, 4) is 33.8 Å². The Bertz CT molecular complexity index is 2180. The number of piperazine rings is 1. The molecule has 46 heavy (non-hydrogen) atoms. The molecule has 0 bridgehead atoms. The number of thiophene rings is 1. The maximum Gasteiger partial charge on any atom is 0.162 e. The number of benzene rings is 4. The second-order valence-electron chi connectivity index (χ2n) is 11.4. The Kier molecular flexibility index (Phi) is 7.19. The molecule has 4 heterocycles. The summed E-state index contributed by atoms with van der Waals surface area (Å²) in [6, 6.07) is 38.8. The summed E-state index contributed by atoms with van der Waals surface area (Å²) in [5.41, 5.74) is 7.69. The van der Waals surface area contributed by atoms with Gasteiger partial charge in [-0.1, -0.05) is 91.0 Å². The lowest BCUT2D eigenvalue weighted by molar-refractivity contribution is 0.101. The van der Waals surface area contributed by atoms with Crippen molar-refractivity contribution in [3.63, 3.8) is 0 Å². The molecule has 7 aromatic rings. The Morgan fingerprint density at radius 3 is 1.87 bits per heavy atom. The van der Waals surface area contributed by atoms with E-state index in [2.05, 4.69) is 58.3 Å². The lowest BCUT2D eigenvalue weighted by Crippen LogP contribution is -2.46. The minimum atomic E-state index is 0.0812. The molecular weight excluding hydrogens is 589 g/mol. The highest BCUT2D eigenvalue weighted by Gasteiger charge is 2.27. The molecular formula is C38H30N6OS. The quantitative estimate of drug-likeness (QED) is 0.174. The van der Waals surface area contributed by atoms with Gasteiger partial charge in [0.2, 0.25) is 0 Å². The molecule has 7 nitrogen and oxygen atoms in total. The van der Waals surface area contributed by atoms with Crippen LogP contribution >= 0.6 is 11.3 Å². The normalized spacial score (nSPS) is 13.4. The van der Waals surface area contributed by atoms with Crippen molar-refractivity contribution in [1.82, 2.24) is 20.2 Å². The van der Waals surface area contributed by atoms with Crippen LogP contribution in [0.3, 0.4) is 0 Å². The van der Waals surface area contributed by atoms with Gasteiger partial charge in [-0.3, -0.25) is 4.79 Å². The molecule has 0 spiro atoms. The molecule has 1 saturated heterocycles. The van der Waals surface area contributed by atoms with Crippen LogP contribution in [0.2, 0.25) is 0 Å². The molecule has 1 aliphatic rings. The van der Waals surface area contributed by atoms with Crippen LogP contribution in [0.5, 0.6) is 0 Å². The van der Waals surface area contributed by atoms with Crippen LogP contribution in [-0.4, -0.2) is 52.1 Å². The van der Waals surface area contributed by atoms with Crippen LogP contribution < -0.4 is 9.80 Å². The Balaban J connectivity index is 1.29. The molecule has 0 atom stereocenters. The highest BCUT2D eigenvalue weighted by atomic mass is 32.1. The van der Waals surface area contributed by atoms with Crippen LogP contribution in [0.25, 0.3) is 54.2 Å². The molecule has 8 heteroatoms. The van der Waals surface area contributed by atoms with E-state index >= 15 is 0 Å². The van der Waals surface area contributed by atoms with E-state index in [0.29, 0.717) is 5.82 Å². The first-order valence-corrected chi connectivity index (χ1v) is 16.2. The fourth-order valence-corrected chi connectivity index (χ4v) is 7.29. The zero-order chi connectivity index (χ0) is 31.0. The summed E-state index contributed by atoms with van der Waals surface area (Å²) in [5, 5.41) is 10.6. The van der Waals surface area contributed by atoms with Crippen LogP contribution in [0.4, 0.5) is 11.5 Å². The molecule has 0 aliphatic carbocycles. The maximum absolute atomic E-state index is 11.8. The number of fused-ring (bicyclic) bond motifs is 3. The number of ketones is 1. The van der Waals surface area contributed by atoms with Crippen molar-refractivity contribution in [2.45, 2.75) is 6.92 Å². The lowest BCUT2D eigenvalue weighted by Gasteiger charge is -2.37. The van der Waals surface area contributed by atoms with E-state index in [4.69, 9.17) is 20.2 Å². The highest BCUT2D eigenvalue weighted by Crippen LogP contribution is 2.45. The van der Waals surface area contributed by atoms with Gasteiger partial charge in [0.1, 0.15) is 10.5 Å². The Labute approximate surface area is 270 Å². The summed E-state index contributed by atoms with van der Waals surface area (Å²) in [5.74, 6) is 1.71. The van der Waals surface area contributed by atoms with Gasteiger partial charge in [0.15, 0.2) is 17.4 Å². The number of anilines is 2. The average Bonchev–Trinajstić information content (AvgIpc) is 3.51. The number of carbonyl (C=O) groups is 1. The molecule has 224 valence electrons. The third kappa shape index (κ3) is 5.06. The first-order valence-electron chi connectivity index (χ1n) is 15.4. The molecule has 1 fully saturated rings. The largest absolute Gasteiger partial charge is 0.368 e. The number of hydrogen-bond donors (Lipinski definition) is 0. The summed E-state index contributed by atoms with van der Waals surface area (Å²) in [4.78, 5) is 27.9. The van der Waals surface area contributed by atoms with Gasteiger partial charge >= 0.3 is 0 Å². The molecule has 8 rings (SSSR count). The number of hydrogen-bond acceptors (Lipinski definition) is 8. The second kappa shape index (κ2) is 11.8. The molecule has 4 aromatic carbocycles. The predicted molar refractivity (Wildman–Crippen MR) is 188 cm³/mol. The molecule has 0 N–H and O–H groups in total. The lowest BCUT2D eigenvalue weighted by atomic mass is 9.97. The maximum atomic E-state index is 11.8. The molecule has 0 amide bonds. The summed E-state index contributed by atoms with van der Waals surface area (Å²) < 4.78 is 1.02. The molecule has 1 aliphatic heterocycles. The van der Waals surface area contributed by atoms with E-state index in [0.717, 1.165) is 91.6 Å². The summed E-state index contributed by atoms with van der Waals surface area (Å²) in [6.45, 7) is 4.88. The van der Waals surface area contributed by atoms with Crippen molar-refractivity contribution >= 4 is 49.1 Å². The topological polar surface area (TPSA) is 75.1 Å². The minimum Gasteiger partial charge on any atom is -0.368 e. The summed E-state index contributed by atoms with van der Waals surface area (Å²) in [7, 11) is 0. The van der Waals surface area contributed by atoms with Gasteiger partial charge in [-0.15, -0.1) is 21.5 Å². The van der Waals surface area contributed by atoms with Crippen molar-refractivity contribution in [2.75, 3.05) is 36.0 Å². The van der Waals surface area contributed by atoms with E-state index < -0.39 is 0 Å². The van der Waals surface area contributed by atoms with Gasteiger partial charge in [-0.2, -0.15) is 0 Å². The highest BCUT2D eigenvalue weighted by molar-refractivity contribution is 7.26. The van der Waals surface area contributed by atoms with Gasteiger partial charge in [-0.05, 0) is 36.8 Å². The Morgan fingerprint density at radius 2 is 1.24 bits per heavy atom. The van der Waals surface area contributed by atoms with Gasteiger partial charge in [0, 0.05) is 59.5 Å². The van der Waals surface area contributed by atoms with Gasteiger partial charge in [-0.25, -0.2) is 9.97 Å². The first-order chi connectivity index (χ1) is 22.6. The average molecular weight is 619 g/mol. The van der Waals surface area contributed by atoms with Crippen molar-refractivity contribution in [3.05, 3.63) is 121 Å². The number of rotatable bonds is 6. The van der Waals surface area contributed by atoms with Crippen LogP contribution in [-0.2, 0) is 0 Å². The zero-order valence-corrected chi connectivity index (χ0v) is 26.1. The first kappa shape index (κ1) is 28.0. The van der Waals surface area contributed by atoms with E-state index in [1.165, 1.54) is 0 Å². The standard InChI is InChI=1S/C38H30N6OS/c1-25(45)26-17-19-30(20-18-26)43-21-23-44(24-22-43)37-35-34(39-36(40-37)29-15-9-4-10-16-29)32-31(27-11-5-2-6-12-27)33(41-42-38(32)46-35)28-13-7-3-8-14-28/h2-20H,21-24H2,1H3. The number of nitrogens with zero attached hydrogens (tertiary/aromatic N) is 6. The van der Waals surface area contributed by atoms with E-state index in [1.54, 1.807) is 18.3 Å². The molecule has 0 radical (unpaired) electrons. The zero-order valence-electron chi connectivity index (χ0n) is 25.3. The SMILES string of the molecule is CC(=O)c1ccc(N2CCN(c3nc(-c4ccccc4)nc4c3sc3nnc(-c5ccccc5)c(-c5ccccc5)c34)CC2)cc1. The van der Waals surface area contributed by atoms with Crippen molar-refractivity contribution in [2.24, 2.45) is 0 Å². The third-order valence-electron chi connectivity index (χ3n) is 8.58. The number of carbonyl (C=O) groups excluding carboxylic acids is 1. The van der Waals surface area contributed by atoms with E-state index in [9.17, 15) is 4.79 Å². The minimum absolute atomic E-state index is 0.0812. The molecule has 3 aromatic heterocycles. The van der Waals surface area contributed by atoms with Gasteiger partial charge in [0.25, 0.3) is 0 Å². The third-order valence-corrected chi connectivity index (χ3v) is 9.64. The summed E-state index contributed by atoms with van der Waals surface area (Å²) in [6.07, 6.45) is 0. The van der Waals surface area contributed by atoms with Crippen LogP contribution in [0.1, 0.15) is 17.3 Å². The van der Waals surface area contributed by atoms with E-state index in [-0.39, 0.29) is 5.78 Å². The Morgan fingerprint density at radius 1 is 0.652 bits per heavy atom. The van der Waals surface area contributed by atoms with Gasteiger partial charge < -0.3 is 9.80 Å². The number of Topliss-reactive ketones (excluding diaryl/α,β-unsaturated/α-hetero) is 1. The second-order valence-corrected chi connectivity index (χ2v) is 12.4. The summed E-state index contributed by atoms with van der Waals surface area (Å²) >= 11 is 1.61. The van der Waals surface area contributed by atoms with Gasteiger partial charge in [0.05, 0.1) is 10.2 Å². The van der Waals surface area contributed by atoms with Crippen molar-refractivity contribution in [1.29, 1.82) is 0 Å². The predicted octanol–water partition coefficient (Wildman–Crippen LogP) is 8.16. The fourth-order valence-electron chi connectivity index (χ4n) is 6.21. The van der Waals surface area contributed by atoms with Crippen molar-refractivity contribution < 1.29 is 4.79 Å². The smallest absolute Gasteiger partial charge is 0.162 e. The number of aromatic nitrogens is 4. The molecule has 0 saturated carbocycles. The van der Waals surface area contributed by atoms with Crippen LogP contribution in [0.15, 0.2) is 115 Å². The van der Waals surface area contributed by atoms with Crippen LogP contribution in [0, 0.1) is 0 Å². The fraction of sp³-hybridized carbons (Fsp3) is 0.132. The monoisotopic (exact) mass is 618 g/mol.